The van der Waals surface area contributed by atoms with E-state index in [0.717, 1.165) is 0 Å². The van der Waals surface area contributed by atoms with Crippen LogP contribution in [0.4, 0.5) is 5.69 Å². The minimum absolute atomic E-state index is 1.17. The summed E-state index contributed by atoms with van der Waals surface area (Å²) in [6, 6.07) is 15.0. The molecule has 1 aliphatic rings. The molecule has 0 radical (unpaired) electrons. The van der Waals surface area contributed by atoms with E-state index in [4.69, 9.17) is 0 Å². The van der Waals surface area contributed by atoms with E-state index in [0.29, 0.717) is 0 Å². The van der Waals surface area contributed by atoms with E-state index < -0.39 is 0 Å². The summed E-state index contributed by atoms with van der Waals surface area (Å²) in [5, 5.41) is 3.19. The zero-order valence-corrected chi connectivity index (χ0v) is 12.8. The zero-order valence-electron chi connectivity index (χ0n) is 10.7. The molecule has 0 aliphatic heterocycles. The highest BCUT2D eigenvalue weighted by Crippen LogP contribution is 2.31. The van der Waals surface area contributed by atoms with Gasteiger partial charge in [0.15, 0.2) is 0 Å². The van der Waals surface area contributed by atoms with Crippen molar-refractivity contribution in [1.29, 1.82) is 0 Å². The number of allylic oxidation sites excluding steroid dienone is 2. The number of benzene rings is 2. The summed E-state index contributed by atoms with van der Waals surface area (Å²) >= 11 is 2.36. The van der Waals surface area contributed by atoms with Crippen LogP contribution in [0, 0.1) is 3.57 Å². The van der Waals surface area contributed by atoms with Gasteiger partial charge in [-0.15, -0.1) is 0 Å². The molecule has 2 heteroatoms. The number of nitrogens with one attached hydrogen (secondary N) is 1. The summed E-state index contributed by atoms with van der Waals surface area (Å²) < 4.78 is 1.24. The van der Waals surface area contributed by atoms with Crippen molar-refractivity contribution in [3.05, 3.63) is 68.8 Å². The fourth-order valence-electron chi connectivity index (χ4n) is 2.30. The number of hydrogen-bond donors (Lipinski definition) is 1. The Bertz CT molecular complexity index is 683. The van der Waals surface area contributed by atoms with Gasteiger partial charge in [-0.1, -0.05) is 42.5 Å². The zero-order chi connectivity index (χ0) is 13.2. The van der Waals surface area contributed by atoms with E-state index in [9.17, 15) is 0 Å². The molecule has 94 valence electrons. The first-order valence-corrected chi connectivity index (χ1v) is 7.32. The second kappa shape index (κ2) is 5.21. The fraction of sp³-hybridized carbons (Fsp3) is 0.0588. The third kappa shape index (κ3) is 2.45. The van der Waals surface area contributed by atoms with E-state index >= 15 is 0 Å². The molecule has 0 spiro atoms. The standard InChI is InChI=1S/C17H14IN/c1-19-17-9-6-12(11-16(17)18)10-14-8-7-13-4-2-3-5-15(13)14/h2-11,19H,1H3. The lowest BCUT2D eigenvalue weighted by Crippen LogP contribution is -1.91. The van der Waals surface area contributed by atoms with Crippen molar-refractivity contribution < 1.29 is 0 Å². The number of halogens is 1. The molecule has 0 heterocycles. The lowest BCUT2D eigenvalue weighted by Gasteiger charge is -2.05. The molecular formula is C17H14IN. The molecule has 0 saturated heterocycles. The monoisotopic (exact) mass is 359 g/mol. The lowest BCUT2D eigenvalue weighted by molar-refractivity contribution is 1.47. The Morgan fingerprint density at radius 1 is 1.05 bits per heavy atom. The van der Waals surface area contributed by atoms with Crippen LogP contribution in [0.2, 0.25) is 0 Å². The normalized spacial score (nSPS) is 14.7. The number of rotatable bonds is 2. The second-order valence-corrected chi connectivity index (χ2v) is 5.67. The Kier molecular flexibility index (Phi) is 3.42. The summed E-state index contributed by atoms with van der Waals surface area (Å²) in [5.41, 5.74) is 6.30. The Balaban J connectivity index is 2.00. The van der Waals surface area contributed by atoms with E-state index in [1.54, 1.807) is 0 Å². The van der Waals surface area contributed by atoms with Crippen molar-refractivity contribution in [2.45, 2.75) is 0 Å². The molecule has 2 aromatic rings. The van der Waals surface area contributed by atoms with Gasteiger partial charge < -0.3 is 5.32 Å². The van der Waals surface area contributed by atoms with Gasteiger partial charge in [-0.25, -0.2) is 0 Å². The van der Waals surface area contributed by atoms with Crippen molar-refractivity contribution in [3.63, 3.8) is 0 Å². The average Bonchev–Trinajstić information content (AvgIpc) is 2.83. The molecule has 0 amide bonds. The maximum absolute atomic E-state index is 3.19. The van der Waals surface area contributed by atoms with Gasteiger partial charge in [0.05, 0.1) is 0 Å². The fourth-order valence-corrected chi connectivity index (χ4v) is 3.11. The van der Waals surface area contributed by atoms with Gasteiger partial charge in [-0.05, 0) is 63.1 Å². The molecule has 0 aromatic heterocycles. The minimum Gasteiger partial charge on any atom is -0.387 e. The summed E-state index contributed by atoms with van der Waals surface area (Å²) in [4.78, 5) is 0. The SMILES string of the molecule is CNc1ccc(C=C2C=Cc3ccccc32)cc1I. The van der Waals surface area contributed by atoms with Crippen molar-refractivity contribution in [2.24, 2.45) is 0 Å². The first-order chi connectivity index (χ1) is 9.28. The molecule has 0 atom stereocenters. The highest BCUT2D eigenvalue weighted by atomic mass is 127. The minimum atomic E-state index is 1.17. The second-order valence-electron chi connectivity index (χ2n) is 4.51. The molecule has 0 bridgehead atoms. The summed E-state index contributed by atoms with van der Waals surface area (Å²) in [6.07, 6.45) is 6.60. The molecular weight excluding hydrogens is 345 g/mol. The van der Waals surface area contributed by atoms with Gasteiger partial charge >= 0.3 is 0 Å². The van der Waals surface area contributed by atoms with Crippen LogP contribution in [0.15, 0.2) is 48.5 Å². The third-order valence-electron chi connectivity index (χ3n) is 3.30. The van der Waals surface area contributed by atoms with Crippen LogP contribution in [-0.4, -0.2) is 7.05 Å². The number of fused-ring (bicyclic) bond motifs is 1. The molecule has 19 heavy (non-hydrogen) atoms. The Morgan fingerprint density at radius 3 is 2.68 bits per heavy atom. The highest BCUT2D eigenvalue weighted by Gasteiger charge is 2.09. The summed E-state index contributed by atoms with van der Waals surface area (Å²) in [6.45, 7) is 0. The van der Waals surface area contributed by atoms with Crippen LogP contribution >= 0.6 is 22.6 Å². The molecule has 1 nitrogen and oxygen atoms in total. The number of anilines is 1. The van der Waals surface area contributed by atoms with E-state index in [-0.39, 0.29) is 0 Å². The average molecular weight is 359 g/mol. The van der Waals surface area contributed by atoms with Crippen LogP contribution in [0.1, 0.15) is 16.7 Å². The smallest absolute Gasteiger partial charge is 0.0473 e. The summed E-state index contributed by atoms with van der Waals surface area (Å²) in [5.74, 6) is 0. The van der Waals surface area contributed by atoms with Crippen LogP contribution in [0.25, 0.3) is 17.7 Å². The predicted molar refractivity (Wildman–Crippen MR) is 92.1 cm³/mol. The van der Waals surface area contributed by atoms with Crippen LogP contribution in [0.3, 0.4) is 0 Å². The predicted octanol–water partition coefficient (Wildman–Crippen LogP) is 4.90. The Morgan fingerprint density at radius 2 is 1.89 bits per heavy atom. The van der Waals surface area contributed by atoms with Gasteiger partial charge in [0.25, 0.3) is 0 Å². The Hall–Kier alpha value is -1.55. The quantitative estimate of drug-likeness (QED) is 0.752. The van der Waals surface area contributed by atoms with Crippen LogP contribution in [0.5, 0.6) is 0 Å². The molecule has 2 aromatic carbocycles. The van der Waals surface area contributed by atoms with Gasteiger partial charge in [0.2, 0.25) is 0 Å². The van der Waals surface area contributed by atoms with Crippen LogP contribution < -0.4 is 5.32 Å². The third-order valence-corrected chi connectivity index (χ3v) is 4.19. The highest BCUT2D eigenvalue weighted by molar-refractivity contribution is 14.1. The molecule has 0 unspecified atom stereocenters. The number of hydrogen-bond acceptors (Lipinski definition) is 1. The van der Waals surface area contributed by atoms with Crippen molar-refractivity contribution >= 4 is 46.0 Å². The van der Waals surface area contributed by atoms with E-state index in [1.807, 2.05) is 7.05 Å². The first-order valence-electron chi connectivity index (χ1n) is 6.24. The van der Waals surface area contributed by atoms with Crippen molar-refractivity contribution in [3.8, 4) is 0 Å². The molecule has 0 fully saturated rings. The first kappa shape index (κ1) is 12.5. The van der Waals surface area contributed by atoms with Gasteiger partial charge in [-0.2, -0.15) is 0 Å². The topological polar surface area (TPSA) is 12.0 Å². The van der Waals surface area contributed by atoms with Crippen molar-refractivity contribution in [2.75, 3.05) is 12.4 Å². The van der Waals surface area contributed by atoms with Crippen LogP contribution in [-0.2, 0) is 0 Å². The van der Waals surface area contributed by atoms with E-state index in [1.165, 1.54) is 31.5 Å². The molecule has 3 rings (SSSR count). The summed E-state index contributed by atoms with van der Waals surface area (Å²) in [7, 11) is 1.95. The maximum Gasteiger partial charge on any atom is 0.0473 e. The lowest BCUT2D eigenvalue weighted by atomic mass is 10.0. The van der Waals surface area contributed by atoms with Crippen molar-refractivity contribution in [1.82, 2.24) is 0 Å². The largest absolute Gasteiger partial charge is 0.387 e. The molecule has 0 saturated carbocycles. The van der Waals surface area contributed by atoms with Gasteiger partial charge in [0, 0.05) is 16.3 Å². The molecule has 1 N–H and O–H groups in total. The molecule has 1 aliphatic carbocycles. The van der Waals surface area contributed by atoms with Gasteiger partial charge in [0.1, 0.15) is 0 Å². The van der Waals surface area contributed by atoms with Gasteiger partial charge in [-0.3, -0.25) is 0 Å². The Labute approximate surface area is 127 Å². The maximum atomic E-state index is 3.19. The van der Waals surface area contributed by atoms with E-state index in [2.05, 4.69) is 88.6 Å².